The zero-order chi connectivity index (χ0) is 23.3. The van der Waals surface area contributed by atoms with E-state index in [1.807, 2.05) is 0 Å². The molecule has 0 bridgehead atoms. The minimum Gasteiger partial charge on any atom is -0.434 e. The van der Waals surface area contributed by atoms with Crippen LogP contribution in [-0.4, -0.2) is 70.8 Å². The number of nitrogens with one attached hydrogen (secondary N) is 2. The second-order valence-corrected chi connectivity index (χ2v) is 7.61. The summed E-state index contributed by atoms with van der Waals surface area (Å²) in [5, 5.41) is 2.43. The van der Waals surface area contributed by atoms with Crippen LogP contribution in [0.25, 0.3) is 0 Å². The molecule has 1 unspecified atom stereocenters. The minimum absolute atomic E-state index is 0.0109. The number of imidazole rings is 1. The van der Waals surface area contributed by atoms with Gasteiger partial charge >= 0.3 is 6.61 Å². The van der Waals surface area contributed by atoms with Crippen LogP contribution in [0, 0.1) is 5.92 Å². The lowest BCUT2D eigenvalue weighted by Gasteiger charge is -2.22. The number of carbonyl (C=O) groups is 3. The van der Waals surface area contributed by atoms with E-state index in [4.69, 9.17) is 0 Å². The quantitative estimate of drug-likeness (QED) is 0.640. The van der Waals surface area contributed by atoms with Crippen LogP contribution in [0.3, 0.4) is 0 Å². The minimum atomic E-state index is -3.03. The molecule has 3 rings (SSSR count). The fourth-order valence-corrected chi connectivity index (χ4v) is 3.48. The van der Waals surface area contributed by atoms with Crippen molar-refractivity contribution in [2.45, 2.75) is 26.5 Å². The summed E-state index contributed by atoms with van der Waals surface area (Å²) >= 11 is 0. The predicted octanol–water partition coefficient (Wildman–Crippen LogP) is 1.88. The van der Waals surface area contributed by atoms with Crippen molar-refractivity contribution in [3.8, 4) is 5.75 Å². The van der Waals surface area contributed by atoms with Crippen molar-refractivity contribution >= 4 is 17.7 Å². The van der Waals surface area contributed by atoms with Gasteiger partial charge in [-0.1, -0.05) is 25.1 Å². The van der Waals surface area contributed by atoms with Gasteiger partial charge in [-0.25, -0.2) is 4.98 Å². The monoisotopic (exact) mass is 449 g/mol. The Kier molecular flexibility index (Phi) is 7.39. The van der Waals surface area contributed by atoms with E-state index in [1.165, 1.54) is 31.4 Å². The van der Waals surface area contributed by atoms with Crippen LogP contribution in [-0.2, 0) is 11.3 Å². The summed E-state index contributed by atoms with van der Waals surface area (Å²) in [5.74, 6) is -1.03. The van der Waals surface area contributed by atoms with E-state index in [9.17, 15) is 23.2 Å². The van der Waals surface area contributed by atoms with Gasteiger partial charge in [-0.05, 0) is 18.4 Å². The van der Waals surface area contributed by atoms with E-state index in [0.29, 0.717) is 24.6 Å². The zero-order valence-corrected chi connectivity index (χ0v) is 17.8. The number of hydrogen-bond acceptors (Lipinski definition) is 5. The van der Waals surface area contributed by atoms with Gasteiger partial charge in [0.2, 0.25) is 5.91 Å². The number of hydrogen-bond donors (Lipinski definition) is 2. The Morgan fingerprint density at radius 2 is 2.09 bits per heavy atom. The largest absolute Gasteiger partial charge is 0.434 e. The molecular formula is C21H25F2N5O4. The maximum absolute atomic E-state index is 13.1. The number of para-hydroxylation sites is 1. The second-order valence-electron chi connectivity index (χ2n) is 7.61. The van der Waals surface area contributed by atoms with E-state index in [1.54, 1.807) is 11.0 Å². The molecule has 172 valence electrons. The predicted molar refractivity (Wildman–Crippen MR) is 110 cm³/mol. The normalized spacial score (nSPS) is 15.7. The van der Waals surface area contributed by atoms with Crippen molar-refractivity contribution in [2.24, 2.45) is 5.92 Å². The van der Waals surface area contributed by atoms with Crippen LogP contribution < -0.4 is 10.1 Å². The smallest absolute Gasteiger partial charge is 0.387 e. The highest BCUT2D eigenvalue weighted by molar-refractivity contribution is 5.97. The Morgan fingerprint density at radius 1 is 1.34 bits per heavy atom. The molecule has 2 N–H and O–H groups in total. The first kappa shape index (κ1) is 23.2. The van der Waals surface area contributed by atoms with Gasteiger partial charge in [0.1, 0.15) is 18.0 Å². The molecule has 0 radical (unpaired) electrons. The summed E-state index contributed by atoms with van der Waals surface area (Å²) in [5.41, 5.74) is 0.309. The fourth-order valence-electron chi connectivity index (χ4n) is 3.48. The summed E-state index contributed by atoms with van der Waals surface area (Å²) in [7, 11) is 1.42. The van der Waals surface area contributed by atoms with Crippen LogP contribution in [0.4, 0.5) is 8.78 Å². The number of likely N-dealkylation sites (tertiary alicyclic amines) is 1. The number of aromatic nitrogens is 2. The average Bonchev–Trinajstić information content (AvgIpc) is 3.42. The number of carbonyl (C=O) groups excluding carboxylic acids is 3. The van der Waals surface area contributed by atoms with Crippen molar-refractivity contribution in [3.63, 3.8) is 0 Å². The summed E-state index contributed by atoms with van der Waals surface area (Å²) < 4.78 is 30.0. The van der Waals surface area contributed by atoms with Crippen LogP contribution in [0.5, 0.6) is 5.75 Å². The molecule has 11 heteroatoms. The van der Waals surface area contributed by atoms with Gasteiger partial charge in [0.05, 0.1) is 12.7 Å². The van der Waals surface area contributed by atoms with Crippen molar-refractivity contribution in [1.29, 1.82) is 0 Å². The molecule has 0 saturated carbocycles. The SMILES string of the molecule is CNC(=O)CN(Cc1ccccc1OC(F)F)C(=O)c1cnc(C(=O)N2CCC(C)C2)[nH]1. The molecule has 32 heavy (non-hydrogen) atoms. The van der Waals surface area contributed by atoms with E-state index in [2.05, 4.69) is 26.9 Å². The maximum Gasteiger partial charge on any atom is 0.387 e. The van der Waals surface area contributed by atoms with E-state index >= 15 is 0 Å². The van der Waals surface area contributed by atoms with Crippen molar-refractivity contribution < 1.29 is 27.9 Å². The summed E-state index contributed by atoms with van der Waals surface area (Å²) in [6, 6.07) is 6.02. The van der Waals surface area contributed by atoms with Crippen molar-refractivity contribution in [1.82, 2.24) is 25.1 Å². The Bertz CT molecular complexity index is 981. The second kappa shape index (κ2) is 10.2. The topological polar surface area (TPSA) is 108 Å². The Hall–Kier alpha value is -3.50. The lowest BCUT2D eigenvalue weighted by atomic mass is 10.1. The first-order chi connectivity index (χ1) is 15.3. The fraction of sp³-hybridized carbons (Fsp3) is 0.429. The third-order valence-corrected chi connectivity index (χ3v) is 5.17. The maximum atomic E-state index is 13.1. The summed E-state index contributed by atoms with van der Waals surface area (Å²) in [6.45, 7) is -0.240. The molecule has 3 amide bonds. The number of nitrogens with zero attached hydrogens (tertiary/aromatic N) is 3. The third kappa shape index (κ3) is 5.59. The van der Waals surface area contributed by atoms with Crippen LogP contribution in [0.15, 0.2) is 30.5 Å². The van der Waals surface area contributed by atoms with Crippen LogP contribution in [0.1, 0.15) is 40.0 Å². The first-order valence-corrected chi connectivity index (χ1v) is 10.1. The van der Waals surface area contributed by atoms with Gasteiger partial charge in [-0.2, -0.15) is 8.78 Å². The molecule has 0 aliphatic carbocycles. The molecule has 1 atom stereocenters. The number of rotatable bonds is 8. The van der Waals surface area contributed by atoms with Gasteiger partial charge in [0.15, 0.2) is 5.82 Å². The lowest BCUT2D eigenvalue weighted by molar-refractivity contribution is -0.121. The van der Waals surface area contributed by atoms with Gasteiger partial charge in [-0.3, -0.25) is 14.4 Å². The first-order valence-electron chi connectivity index (χ1n) is 10.1. The number of benzene rings is 1. The molecule has 1 aromatic carbocycles. The van der Waals surface area contributed by atoms with Crippen LogP contribution in [0.2, 0.25) is 0 Å². The number of halogens is 2. The van der Waals surface area contributed by atoms with Crippen LogP contribution >= 0.6 is 0 Å². The van der Waals surface area contributed by atoms with Gasteiger partial charge in [-0.15, -0.1) is 0 Å². The molecule has 1 fully saturated rings. The highest BCUT2D eigenvalue weighted by atomic mass is 19.3. The standard InChI is InChI=1S/C21H25F2N5O4/c1-13-7-8-27(10-13)20(31)18-25-9-15(26-18)19(30)28(12-17(29)24-2)11-14-5-3-4-6-16(14)32-21(22)23/h3-6,9,13,21H,7-8,10-12H2,1-2H3,(H,24,29)(H,25,26). The molecule has 1 aromatic heterocycles. The van der Waals surface area contributed by atoms with Gasteiger partial charge < -0.3 is 24.8 Å². The number of alkyl halides is 2. The summed E-state index contributed by atoms with van der Waals surface area (Å²) in [4.78, 5) is 47.3. The van der Waals surface area contributed by atoms with Crippen molar-refractivity contribution in [3.05, 3.63) is 47.5 Å². The third-order valence-electron chi connectivity index (χ3n) is 5.17. The van der Waals surface area contributed by atoms with E-state index in [0.717, 1.165) is 11.3 Å². The zero-order valence-electron chi connectivity index (χ0n) is 17.8. The number of aromatic amines is 1. The Morgan fingerprint density at radius 3 is 2.75 bits per heavy atom. The highest BCUT2D eigenvalue weighted by Crippen LogP contribution is 2.23. The Labute approximate surface area is 183 Å². The lowest BCUT2D eigenvalue weighted by Crippen LogP contribution is -2.39. The molecule has 2 heterocycles. The molecule has 2 aromatic rings. The molecule has 1 aliphatic heterocycles. The molecule has 1 aliphatic rings. The van der Waals surface area contributed by atoms with Gasteiger partial charge in [0.25, 0.3) is 11.8 Å². The highest BCUT2D eigenvalue weighted by Gasteiger charge is 2.28. The molecule has 1 saturated heterocycles. The van der Waals surface area contributed by atoms with E-state index < -0.39 is 18.4 Å². The molecule has 0 spiro atoms. The average molecular weight is 449 g/mol. The molecular weight excluding hydrogens is 424 g/mol. The van der Waals surface area contributed by atoms with E-state index in [-0.39, 0.29) is 36.3 Å². The molecule has 9 nitrogen and oxygen atoms in total. The number of H-pyrrole nitrogens is 1. The number of likely N-dealkylation sites (N-methyl/N-ethyl adjacent to an activating group) is 1. The number of ether oxygens (including phenoxy) is 1. The van der Waals surface area contributed by atoms with Gasteiger partial charge in [0, 0.05) is 25.7 Å². The van der Waals surface area contributed by atoms with Crippen molar-refractivity contribution in [2.75, 3.05) is 26.7 Å². The summed E-state index contributed by atoms with van der Waals surface area (Å²) in [6.07, 6.45) is 2.13. The Balaban J connectivity index is 1.81. The number of amides is 3.